The van der Waals surface area contributed by atoms with Crippen molar-refractivity contribution >= 4 is 39.4 Å². The first-order chi connectivity index (χ1) is 17.8. The maximum Gasteiger partial charge on any atom is 0.256 e. The van der Waals surface area contributed by atoms with Crippen molar-refractivity contribution in [1.29, 1.82) is 0 Å². The number of benzene rings is 1. The number of carbonyl (C=O) groups excluding carboxylic acids is 3. The van der Waals surface area contributed by atoms with E-state index in [-0.39, 0.29) is 36.7 Å². The highest BCUT2D eigenvalue weighted by molar-refractivity contribution is 9.10. The van der Waals surface area contributed by atoms with Gasteiger partial charge in [0, 0.05) is 35.8 Å². The predicted octanol–water partition coefficient (Wildman–Crippen LogP) is 5.35. The van der Waals surface area contributed by atoms with Crippen LogP contribution in [0.2, 0.25) is 0 Å². The van der Waals surface area contributed by atoms with Crippen molar-refractivity contribution in [1.82, 2.24) is 9.80 Å². The Morgan fingerprint density at radius 3 is 2.70 bits per heavy atom. The SMILES string of the molecule is C/C=C(\C=C/COC)N1C(=O)C2(C)C=CC=CC2N=C1CCN1CC(=O)c2cccc(Br)c2C1=O.CC. The maximum absolute atomic E-state index is 13.8. The lowest BCUT2D eigenvalue weighted by Crippen LogP contribution is -2.54. The number of nitrogens with zero attached hydrogens (tertiary/aromatic N) is 3. The minimum atomic E-state index is -0.803. The average molecular weight is 569 g/mol. The smallest absolute Gasteiger partial charge is 0.256 e. The van der Waals surface area contributed by atoms with E-state index in [9.17, 15) is 14.4 Å². The Bertz CT molecular complexity index is 1210. The van der Waals surface area contributed by atoms with Crippen molar-refractivity contribution in [3.05, 3.63) is 82.0 Å². The lowest BCUT2D eigenvalue weighted by atomic mass is 9.76. The molecule has 8 heteroatoms. The average Bonchev–Trinajstić information content (AvgIpc) is 2.90. The van der Waals surface area contributed by atoms with E-state index in [0.717, 1.165) is 0 Å². The summed E-state index contributed by atoms with van der Waals surface area (Å²) < 4.78 is 5.72. The number of Topliss-reactive ketones (excluding diaryl/α,β-unsaturated/α-hetero) is 1. The molecule has 1 aromatic rings. The van der Waals surface area contributed by atoms with Crippen LogP contribution in [0.15, 0.2) is 75.9 Å². The van der Waals surface area contributed by atoms with Gasteiger partial charge in [0.2, 0.25) is 5.91 Å². The Balaban J connectivity index is 0.00000186. The van der Waals surface area contributed by atoms with Crippen LogP contribution in [-0.4, -0.2) is 66.1 Å². The minimum Gasteiger partial charge on any atom is -0.381 e. The van der Waals surface area contributed by atoms with Gasteiger partial charge in [-0.15, -0.1) is 0 Å². The fraction of sp³-hybridized carbons (Fsp3) is 0.379. The van der Waals surface area contributed by atoms with Gasteiger partial charge in [-0.2, -0.15) is 0 Å². The molecule has 0 fully saturated rings. The van der Waals surface area contributed by atoms with E-state index in [0.29, 0.717) is 40.2 Å². The summed E-state index contributed by atoms with van der Waals surface area (Å²) in [6, 6.07) is 4.86. The summed E-state index contributed by atoms with van der Waals surface area (Å²) >= 11 is 3.41. The third-order valence-corrected chi connectivity index (χ3v) is 7.19. The van der Waals surface area contributed by atoms with Crippen LogP contribution >= 0.6 is 15.9 Å². The van der Waals surface area contributed by atoms with Gasteiger partial charge in [-0.3, -0.25) is 24.3 Å². The lowest BCUT2D eigenvalue weighted by Gasteiger charge is -2.42. The van der Waals surface area contributed by atoms with Crippen LogP contribution < -0.4 is 0 Å². The van der Waals surface area contributed by atoms with Gasteiger partial charge < -0.3 is 9.64 Å². The molecule has 0 radical (unpaired) electrons. The Labute approximate surface area is 227 Å². The summed E-state index contributed by atoms with van der Waals surface area (Å²) in [5.41, 5.74) is 0.693. The molecule has 1 aromatic carbocycles. The number of aliphatic imine (C=N–C) groups is 1. The number of ether oxygens (including phenoxy) is 1. The molecule has 0 saturated carbocycles. The number of hydrogen-bond acceptors (Lipinski definition) is 5. The molecule has 2 aliphatic heterocycles. The normalized spacial score (nSPS) is 23.1. The zero-order chi connectivity index (χ0) is 27.2. The van der Waals surface area contributed by atoms with E-state index in [1.807, 2.05) is 70.2 Å². The molecule has 0 spiro atoms. The first-order valence-corrected chi connectivity index (χ1v) is 13.3. The summed E-state index contributed by atoms with van der Waals surface area (Å²) in [6.45, 7) is 8.42. The van der Waals surface area contributed by atoms with Gasteiger partial charge in [0.1, 0.15) is 5.84 Å². The van der Waals surface area contributed by atoms with E-state index in [4.69, 9.17) is 9.73 Å². The molecule has 4 rings (SSSR count). The van der Waals surface area contributed by atoms with Crippen molar-refractivity contribution in [2.45, 2.75) is 40.2 Å². The topological polar surface area (TPSA) is 79.3 Å². The van der Waals surface area contributed by atoms with Gasteiger partial charge in [0.15, 0.2) is 5.78 Å². The Morgan fingerprint density at radius 1 is 1.24 bits per heavy atom. The van der Waals surface area contributed by atoms with Crippen molar-refractivity contribution in [2.75, 3.05) is 26.8 Å². The van der Waals surface area contributed by atoms with E-state index in [2.05, 4.69) is 15.9 Å². The lowest BCUT2D eigenvalue weighted by molar-refractivity contribution is -0.134. The number of amidine groups is 1. The minimum absolute atomic E-state index is 0.00247. The van der Waals surface area contributed by atoms with Gasteiger partial charge in [-0.05, 0) is 41.9 Å². The molecule has 7 nitrogen and oxygen atoms in total. The van der Waals surface area contributed by atoms with Crippen LogP contribution in [0.4, 0.5) is 0 Å². The fourth-order valence-electron chi connectivity index (χ4n) is 4.56. The zero-order valence-electron chi connectivity index (χ0n) is 22.0. The van der Waals surface area contributed by atoms with E-state index < -0.39 is 5.41 Å². The van der Waals surface area contributed by atoms with Crippen LogP contribution in [0.3, 0.4) is 0 Å². The molecule has 2 atom stereocenters. The number of fused-ring (bicyclic) bond motifs is 2. The molecule has 1 aliphatic carbocycles. The highest BCUT2D eigenvalue weighted by Crippen LogP contribution is 2.38. The second-order valence-corrected chi connectivity index (χ2v) is 9.65. The molecule has 0 bridgehead atoms. The standard InChI is InChI=1S/C27H28BrN3O4.C2H6/c1-4-18(9-8-16-35-3)31-23(29-22-12-5-6-14-27(22,2)26(31)34)13-15-30-17-21(32)19-10-7-11-20(28)24(19)25(30)33;1-2/h4-12,14,22H,13,15-17H2,1-3H3;1-2H3/b9-8-,18-4+;. The molecule has 2 amide bonds. The molecule has 0 saturated heterocycles. The van der Waals surface area contributed by atoms with Crippen molar-refractivity contribution in [3.63, 3.8) is 0 Å². The molecule has 2 heterocycles. The largest absolute Gasteiger partial charge is 0.381 e. The highest BCUT2D eigenvalue weighted by Gasteiger charge is 2.47. The third kappa shape index (κ3) is 5.60. The number of carbonyl (C=O) groups is 3. The number of halogens is 1. The van der Waals surface area contributed by atoms with Crippen molar-refractivity contribution in [3.8, 4) is 0 Å². The highest BCUT2D eigenvalue weighted by atomic mass is 79.9. The molecule has 0 aromatic heterocycles. The first kappa shape index (κ1) is 28.5. The number of methoxy groups -OCH3 is 1. The zero-order valence-corrected chi connectivity index (χ0v) is 23.6. The predicted molar refractivity (Wildman–Crippen MR) is 150 cm³/mol. The van der Waals surface area contributed by atoms with Gasteiger partial charge in [0.05, 0.1) is 30.2 Å². The van der Waals surface area contributed by atoms with Gasteiger partial charge in [0.25, 0.3) is 5.91 Å². The van der Waals surface area contributed by atoms with Crippen LogP contribution in [0, 0.1) is 5.41 Å². The fourth-order valence-corrected chi connectivity index (χ4v) is 5.10. The van der Waals surface area contributed by atoms with Gasteiger partial charge in [-0.1, -0.05) is 62.4 Å². The molecule has 3 aliphatic rings. The van der Waals surface area contributed by atoms with Crippen LogP contribution in [-0.2, 0) is 9.53 Å². The molecular formula is C29H34BrN3O4. The van der Waals surface area contributed by atoms with Crippen molar-refractivity contribution < 1.29 is 19.1 Å². The summed E-state index contributed by atoms with van der Waals surface area (Å²) in [5, 5.41) is 0. The van der Waals surface area contributed by atoms with E-state index in [1.54, 1.807) is 30.2 Å². The molecular weight excluding hydrogens is 534 g/mol. The summed E-state index contributed by atoms with van der Waals surface area (Å²) in [5.74, 6) is 0.157. The van der Waals surface area contributed by atoms with Crippen LogP contribution in [0.5, 0.6) is 0 Å². The third-order valence-electron chi connectivity index (χ3n) is 6.53. The molecule has 0 N–H and O–H groups in total. The monoisotopic (exact) mass is 567 g/mol. The number of amides is 2. The van der Waals surface area contributed by atoms with Crippen molar-refractivity contribution in [2.24, 2.45) is 10.4 Å². The molecule has 2 unspecified atom stereocenters. The van der Waals surface area contributed by atoms with Crippen LogP contribution in [0.1, 0.15) is 54.8 Å². The Hall–Kier alpha value is -3.10. The number of rotatable bonds is 7. The van der Waals surface area contributed by atoms with E-state index >= 15 is 0 Å². The number of ketones is 1. The van der Waals surface area contributed by atoms with E-state index in [1.165, 1.54) is 4.90 Å². The molecule has 196 valence electrons. The second kappa shape index (κ2) is 12.4. The van der Waals surface area contributed by atoms with Gasteiger partial charge >= 0.3 is 0 Å². The Kier molecular flexibility index (Phi) is 9.56. The molecule has 37 heavy (non-hydrogen) atoms. The van der Waals surface area contributed by atoms with Crippen LogP contribution in [0.25, 0.3) is 0 Å². The first-order valence-electron chi connectivity index (χ1n) is 12.5. The summed E-state index contributed by atoms with van der Waals surface area (Å²) in [4.78, 5) is 47.9. The number of allylic oxidation sites excluding steroid dienone is 4. The number of hydrogen-bond donors (Lipinski definition) is 0. The summed E-state index contributed by atoms with van der Waals surface area (Å²) in [7, 11) is 1.61. The maximum atomic E-state index is 13.8. The van der Waals surface area contributed by atoms with Gasteiger partial charge in [-0.25, -0.2) is 0 Å². The second-order valence-electron chi connectivity index (χ2n) is 8.79. The summed E-state index contributed by atoms with van der Waals surface area (Å²) in [6.07, 6.45) is 13.4. The quantitative estimate of drug-likeness (QED) is 0.416. The Morgan fingerprint density at radius 2 is 2.00 bits per heavy atom.